The number of non-ortho nitro benzene ring substituents is 1. The zero-order chi connectivity index (χ0) is 35.7. The van der Waals surface area contributed by atoms with Crippen molar-refractivity contribution < 1.29 is 32.4 Å². The molecule has 2 amide bonds. The van der Waals surface area contributed by atoms with Gasteiger partial charge in [-0.3, -0.25) is 14.9 Å². The first-order valence-corrected chi connectivity index (χ1v) is 15.4. The Balaban J connectivity index is 1.41. The van der Waals surface area contributed by atoms with Crippen molar-refractivity contribution in [1.82, 2.24) is 19.9 Å². The van der Waals surface area contributed by atoms with E-state index >= 15 is 0 Å². The molecule has 0 unspecified atom stereocenters. The van der Waals surface area contributed by atoms with Crippen LogP contribution in [0.1, 0.15) is 66.4 Å². The molecule has 0 radical (unpaired) electrons. The third-order valence-electron chi connectivity index (χ3n) is 7.47. The Kier molecular flexibility index (Phi) is 9.73. The Bertz CT molecular complexity index is 2010. The predicted molar refractivity (Wildman–Crippen MR) is 176 cm³/mol. The molecule has 49 heavy (non-hydrogen) atoms. The summed E-state index contributed by atoms with van der Waals surface area (Å²) < 4.78 is 46.8. The fourth-order valence-electron chi connectivity index (χ4n) is 5.22. The Labute approximate surface area is 283 Å². The first-order valence-electron chi connectivity index (χ1n) is 15.1. The van der Waals surface area contributed by atoms with Crippen LogP contribution in [0, 0.1) is 28.9 Å². The number of rotatable bonds is 5. The molecule has 1 aliphatic rings. The van der Waals surface area contributed by atoms with Crippen LogP contribution in [0.2, 0.25) is 5.02 Å². The van der Waals surface area contributed by atoms with E-state index in [0.29, 0.717) is 42.4 Å². The summed E-state index contributed by atoms with van der Waals surface area (Å²) in [6.07, 6.45) is -2.14. The highest BCUT2D eigenvalue weighted by atomic mass is 35.5. The number of carbonyl (C=O) groups is 2. The number of nitrogens with zero attached hydrogens (tertiary/aromatic N) is 5. The number of ether oxygens (including phenoxy) is 1. The molecule has 4 aromatic rings. The number of aromatic nitrogens is 3. The summed E-state index contributed by atoms with van der Waals surface area (Å²) in [4.78, 5) is 43.0. The lowest BCUT2D eigenvalue weighted by molar-refractivity contribution is -0.384. The van der Waals surface area contributed by atoms with Crippen molar-refractivity contribution in [2.24, 2.45) is 0 Å². The van der Waals surface area contributed by atoms with Crippen LogP contribution in [0.3, 0.4) is 0 Å². The van der Waals surface area contributed by atoms with Crippen molar-refractivity contribution >= 4 is 46.4 Å². The molecule has 1 saturated heterocycles. The lowest BCUT2D eigenvalue weighted by Gasteiger charge is -2.34. The summed E-state index contributed by atoms with van der Waals surface area (Å²) in [7, 11) is 0. The number of benzene rings is 2. The normalized spacial score (nSPS) is 14.9. The van der Waals surface area contributed by atoms with E-state index in [1.807, 2.05) is 11.0 Å². The summed E-state index contributed by atoms with van der Waals surface area (Å²) >= 11 is 5.84. The molecule has 2 aromatic heterocycles. The number of hydrogen-bond acceptors (Lipinski definition) is 8. The minimum absolute atomic E-state index is 0.139. The zero-order valence-corrected chi connectivity index (χ0v) is 27.6. The third-order valence-corrected chi connectivity index (χ3v) is 7.69. The molecule has 0 spiro atoms. The van der Waals surface area contributed by atoms with Crippen molar-refractivity contribution in [2.75, 3.05) is 23.3 Å². The average Bonchev–Trinajstić information content (AvgIpc) is 3.41. The van der Waals surface area contributed by atoms with Gasteiger partial charge in [-0.1, -0.05) is 17.5 Å². The number of piperidine rings is 1. The van der Waals surface area contributed by atoms with Crippen molar-refractivity contribution in [3.63, 3.8) is 0 Å². The summed E-state index contributed by atoms with van der Waals surface area (Å²) in [5.41, 5.74) is -1.30. The molecule has 1 atom stereocenters. The number of alkyl halides is 3. The largest absolute Gasteiger partial charge is 0.444 e. The Hall–Kier alpha value is -5.36. The fraction of sp³-hybridized carbons (Fsp3) is 0.333. The van der Waals surface area contributed by atoms with E-state index < -0.39 is 40.0 Å². The predicted octanol–water partition coefficient (Wildman–Crippen LogP) is 6.76. The molecule has 0 bridgehead atoms. The molecular weight excluding hydrogens is 667 g/mol. The molecule has 0 saturated carbocycles. The number of nitro benzene ring substituents is 1. The van der Waals surface area contributed by atoms with E-state index in [4.69, 9.17) is 21.4 Å². The van der Waals surface area contributed by atoms with Gasteiger partial charge >= 0.3 is 12.3 Å². The maximum absolute atomic E-state index is 13.3. The molecule has 12 nitrogen and oxygen atoms in total. The Morgan fingerprint density at radius 1 is 1.12 bits per heavy atom. The number of amides is 2. The number of alkyl carbamates (subject to hydrolysis) is 1. The van der Waals surface area contributed by atoms with Gasteiger partial charge < -0.3 is 20.3 Å². The lowest BCUT2D eigenvalue weighted by atomic mass is 10.0. The summed E-state index contributed by atoms with van der Waals surface area (Å²) in [5, 5.41) is 21.5. The zero-order valence-electron chi connectivity index (χ0n) is 26.8. The third kappa shape index (κ3) is 8.57. The van der Waals surface area contributed by atoms with Gasteiger partial charge in [0.15, 0.2) is 5.65 Å². The Morgan fingerprint density at radius 3 is 2.57 bits per heavy atom. The minimum Gasteiger partial charge on any atom is -0.444 e. The van der Waals surface area contributed by atoms with Crippen molar-refractivity contribution in [3.05, 3.63) is 91.7 Å². The van der Waals surface area contributed by atoms with Crippen molar-refractivity contribution in [2.45, 2.75) is 58.4 Å². The van der Waals surface area contributed by atoms with E-state index in [2.05, 4.69) is 27.5 Å². The number of anilines is 2. The maximum atomic E-state index is 13.3. The van der Waals surface area contributed by atoms with Crippen LogP contribution >= 0.6 is 11.6 Å². The molecular formula is C33H31ClF3N7O5. The van der Waals surface area contributed by atoms with Crippen LogP contribution < -0.4 is 15.5 Å². The summed E-state index contributed by atoms with van der Waals surface area (Å²) in [5.74, 6) is 5.52. The average molecular weight is 698 g/mol. The van der Waals surface area contributed by atoms with E-state index in [-0.39, 0.29) is 33.4 Å². The van der Waals surface area contributed by atoms with E-state index in [9.17, 15) is 32.9 Å². The number of imidazole rings is 1. The van der Waals surface area contributed by atoms with Gasteiger partial charge in [0.2, 0.25) is 0 Å². The second kappa shape index (κ2) is 13.6. The van der Waals surface area contributed by atoms with Crippen LogP contribution in [0.15, 0.2) is 48.7 Å². The SMILES string of the molecule is Cc1c(C#Cc2cnc3ccc(N4CCC[C@H](NC(=O)OC(C)(C)C)C4)nn23)cc([N+](=O)[O-])cc1C(=O)Nc1cc(Cl)cc(C(F)(F)F)c1. The molecule has 16 heteroatoms. The van der Waals surface area contributed by atoms with Crippen LogP contribution in [-0.4, -0.2) is 56.3 Å². The molecule has 2 aromatic carbocycles. The Morgan fingerprint density at radius 2 is 1.88 bits per heavy atom. The molecule has 256 valence electrons. The van der Waals surface area contributed by atoms with Gasteiger partial charge in [0.25, 0.3) is 11.6 Å². The molecule has 1 aliphatic heterocycles. The van der Waals surface area contributed by atoms with E-state index in [1.165, 1.54) is 23.7 Å². The number of nitro groups is 1. The monoisotopic (exact) mass is 697 g/mol. The van der Waals surface area contributed by atoms with Gasteiger partial charge in [0, 0.05) is 47.5 Å². The number of nitrogens with one attached hydrogen (secondary N) is 2. The maximum Gasteiger partial charge on any atom is 0.416 e. The first kappa shape index (κ1) is 35.0. The summed E-state index contributed by atoms with van der Waals surface area (Å²) in [6, 6.07) is 8.21. The topological polar surface area (TPSA) is 144 Å². The van der Waals surface area contributed by atoms with Crippen LogP contribution in [0.4, 0.5) is 35.2 Å². The highest BCUT2D eigenvalue weighted by Gasteiger charge is 2.31. The second-order valence-electron chi connectivity index (χ2n) is 12.4. The lowest BCUT2D eigenvalue weighted by Crippen LogP contribution is -2.49. The number of fused-ring (bicyclic) bond motifs is 1. The number of carbonyl (C=O) groups excluding carboxylic acids is 2. The van der Waals surface area contributed by atoms with Gasteiger partial charge in [-0.15, -0.1) is 5.10 Å². The number of hydrogen-bond donors (Lipinski definition) is 2. The van der Waals surface area contributed by atoms with E-state index in [0.717, 1.165) is 25.0 Å². The summed E-state index contributed by atoms with van der Waals surface area (Å²) in [6.45, 7) is 8.10. The molecule has 5 rings (SSSR count). The highest BCUT2D eigenvalue weighted by molar-refractivity contribution is 6.31. The van der Waals surface area contributed by atoms with Crippen molar-refractivity contribution in [1.29, 1.82) is 0 Å². The number of halogens is 4. The van der Waals surface area contributed by atoms with Gasteiger partial charge in [-0.25, -0.2) is 14.3 Å². The molecule has 0 aliphatic carbocycles. The molecule has 2 N–H and O–H groups in total. The smallest absolute Gasteiger partial charge is 0.416 e. The second-order valence-corrected chi connectivity index (χ2v) is 12.8. The first-order chi connectivity index (χ1) is 23.0. The fourth-order valence-corrected chi connectivity index (χ4v) is 5.46. The molecule has 1 fully saturated rings. The van der Waals surface area contributed by atoms with Crippen LogP contribution in [0.25, 0.3) is 5.65 Å². The minimum atomic E-state index is -4.71. The van der Waals surface area contributed by atoms with Gasteiger partial charge in [0.1, 0.15) is 17.1 Å². The highest BCUT2D eigenvalue weighted by Crippen LogP contribution is 2.34. The van der Waals surface area contributed by atoms with Crippen LogP contribution in [-0.2, 0) is 10.9 Å². The van der Waals surface area contributed by atoms with Gasteiger partial charge in [-0.2, -0.15) is 13.2 Å². The van der Waals surface area contributed by atoms with Gasteiger partial charge in [-0.05, 0) is 82.4 Å². The van der Waals surface area contributed by atoms with Crippen molar-refractivity contribution in [3.8, 4) is 11.8 Å². The quantitative estimate of drug-likeness (QED) is 0.132. The standard InChI is InChI=1S/C33H31ClF3N7O5/c1-19-20(12-26(44(47)48)16-27(19)30(45)39-24-14-21(33(35,36)37)13-22(34)15-24)7-8-25-17-38-28-9-10-29(41-43(25)28)42-11-5-6-23(18-42)40-31(46)49-32(2,3)4/h9-10,12-17,23H,5-6,11,18H2,1-4H3,(H,39,45)(H,40,46)/t23-/m0/s1. The van der Waals surface area contributed by atoms with Gasteiger partial charge in [0.05, 0.1) is 22.2 Å². The van der Waals surface area contributed by atoms with E-state index in [1.54, 1.807) is 26.8 Å². The van der Waals surface area contributed by atoms with Crippen LogP contribution in [0.5, 0.6) is 0 Å². The molecule has 3 heterocycles.